The zero-order chi connectivity index (χ0) is 17.7. The van der Waals surface area contributed by atoms with Crippen molar-refractivity contribution in [3.8, 4) is 5.88 Å². The highest BCUT2D eigenvalue weighted by molar-refractivity contribution is 9.10. The number of methoxy groups -OCH3 is 1. The number of ether oxygens (including phenoxy) is 1. The van der Waals surface area contributed by atoms with Gasteiger partial charge in [0.05, 0.1) is 21.6 Å². The Hall–Kier alpha value is -1.83. The molecule has 0 amide bonds. The molecule has 0 aliphatic carbocycles. The second-order valence-electron chi connectivity index (χ2n) is 4.49. The quantitative estimate of drug-likeness (QED) is 0.325. The fraction of sp³-hybridized carbons (Fsp3) is 0.133. The molecular weight excluding hydrogens is 421 g/mol. The van der Waals surface area contributed by atoms with Crippen molar-refractivity contribution < 1.29 is 14.4 Å². The number of rotatable bonds is 6. The lowest BCUT2D eigenvalue weighted by Crippen LogP contribution is -2.17. The number of aromatic nitrogens is 1. The van der Waals surface area contributed by atoms with Gasteiger partial charge in [-0.15, -0.1) is 0 Å². The summed E-state index contributed by atoms with van der Waals surface area (Å²) in [6.07, 6.45) is 0. The van der Waals surface area contributed by atoms with E-state index in [1.165, 1.54) is 19.2 Å². The minimum absolute atomic E-state index is 0.0164. The maximum Gasteiger partial charge on any atom is 0.228 e. The topological polar surface area (TPSA) is 86.8 Å². The molecule has 0 radical (unpaired) electrons. The molecule has 2 aromatic rings. The van der Waals surface area contributed by atoms with Gasteiger partial charge in [0.25, 0.3) is 0 Å². The van der Waals surface area contributed by atoms with E-state index in [-0.39, 0.29) is 23.2 Å². The van der Waals surface area contributed by atoms with Gasteiger partial charge in [-0.3, -0.25) is 4.79 Å². The standard InChI is InChI=1S/C15H12BrCl2N3O3/c1-23-15-9(16)3-5-12(20-15)14(19)21-24-7-13(22)8-2-4-10(17)11(18)6-8/h2-6H,7H2,1H3,(H2,19,21). The predicted octanol–water partition coefficient (Wildman–Crippen LogP) is 3.68. The van der Waals surface area contributed by atoms with Crippen molar-refractivity contribution in [2.75, 3.05) is 13.7 Å². The van der Waals surface area contributed by atoms with Crippen molar-refractivity contribution in [1.82, 2.24) is 4.98 Å². The Morgan fingerprint density at radius 3 is 2.71 bits per heavy atom. The van der Waals surface area contributed by atoms with Crippen molar-refractivity contribution in [3.05, 3.63) is 56.1 Å². The van der Waals surface area contributed by atoms with Gasteiger partial charge in [0, 0.05) is 5.56 Å². The number of carbonyl (C=O) groups is 1. The molecule has 0 saturated carbocycles. The molecule has 6 nitrogen and oxygen atoms in total. The van der Waals surface area contributed by atoms with Crippen LogP contribution in [0.4, 0.5) is 0 Å². The summed E-state index contributed by atoms with van der Waals surface area (Å²) in [5.41, 5.74) is 6.50. The van der Waals surface area contributed by atoms with Crippen LogP contribution in [0, 0.1) is 0 Å². The Morgan fingerprint density at radius 2 is 2.04 bits per heavy atom. The summed E-state index contributed by atoms with van der Waals surface area (Å²) in [4.78, 5) is 21.1. The zero-order valence-electron chi connectivity index (χ0n) is 12.4. The SMILES string of the molecule is COc1nc(/C(N)=N/OCC(=O)c2ccc(Cl)c(Cl)c2)ccc1Br. The molecule has 0 spiro atoms. The molecule has 2 rings (SSSR count). The van der Waals surface area contributed by atoms with Crippen LogP contribution in [-0.4, -0.2) is 30.3 Å². The first kappa shape index (κ1) is 18.5. The summed E-state index contributed by atoms with van der Waals surface area (Å²) >= 11 is 15.0. The van der Waals surface area contributed by atoms with Crippen LogP contribution < -0.4 is 10.5 Å². The van der Waals surface area contributed by atoms with Crippen LogP contribution in [0.5, 0.6) is 5.88 Å². The molecule has 0 aliphatic heterocycles. The van der Waals surface area contributed by atoms with E-state index in [1.807, 2.05) is 0 Å². The lowest BCUT2D eigenvalue weighted by molar-refractivity contribution is 0.0775. The number of carbonyl (C=O) groups excluding carboxylic acids is 1. The third-order valence-corrected chi connectivity index (χ3v) is 4.21. The summed E-state index contributed by atoms with van der Waals surface area (Å²) in [5.74, 6) is 0.0618. The molecule has 1 heterocycles. The Morgan fingerprint density at radius 1 is 1.29 bits per heavy atom. The number of nitrogens with zero attached hydrogens (tertiary/aromatic N) is 2. The van der Waals surface area contributed by atoms with Crippen molar-refractivity contribution in [3.63, 3.8) is 0 Å². The first-order valence-corrected chi connectivity index (χ1v) is 8.12. The number of pyridine rings is 1. The molecule has 0 bridgehead atoms. The molecule has 0 saturated heterocycles. The van der Waals surface area contributed by atoms with E-state index in [1.54, 1.807) is 18.2 Å². The summed E-state index contributed by atoms with van der Waals surface area (Å²) in [5, 5.41) is 4.34. The normalized spacial score (nSPS) is 11.2. The van der Waals surface area contributed by atoms with Crippen LogP contribution in [-0.2, 0) is 4.84 Å². The monoisotopic (exact) mass is 431 g/mol. The van der Waals surface area contributed by atoms with Crippen molar-refractivity contribution in [2.24, 2.45) is 10.9 Å². The van der Waals surface area contributed by atoms with Crippen LogP contribution in [0.3, 0.4) is 0 Å². The molecule has 1 aromatic heterocycles. The lowest BCUT2D eigenvalue weighted by Gasteiger charge is -2.05. The third-order valence-electron chi connectivity index (χ3n) is 2.87. The number of amidine groups is 1. The van der Waals surface area contributed by atoms with Crippen molar-refractivity contribution >= 4 is 50.8 Å². The van der Waals surface area contributed by atoms with Gasteiger partial charge >= 0.3 is 0 Å². The Kier molecular flexibility index (Phi) is 6.42. The van der Waals surface area contributed by atoms with Crippen LogP contribution in [0.2, 0.25) is 10.0 Å². The Balaban J connectivity index is 2.02. The van der Waals surface area contributed by atoms with Gasteiger partial charge in [-0.2, -0.15) is 0 Å². The van der Waals surface area contributed by atoms with Gasteiger partial charge in [-0.05, 0) is 46.3 Å². The summed E-state index contributed by atoms with van der Waals surface area (Å²) in [7, 11) is 1.48. The first-order chi connectivity index (χ1) is 11.4. The van der Waals surface area contributed by atoms with E-state index in [2.05, 4.69) is 26.1 Å². The minimum atomic E-state index is -0.313. The van der Waals surface area contributed by atoms with Crippen LogP contribution >= 0.6 is 39.1 Å². The molecular formula is C15H12BrCl2N3O3. The molecule has 126 valence electrons. The molecule has 0 fully saturated rings. The Bertz CT molecular complexity index is 800. The number of oxime groups is 1. The van der Waals surface area contributed by atoms with E-state index >= 15 is 0 Å². The first-order valence-electron chi connectivity index (χ1n) is 6.57. The smallest absolute Gasteiger partial charge is 0.228 e. The van der Waals surface area contributed by atoms with Crippen molar-refractivity contribution in [2.45, 2.75) is 0 Å². The predicted molar refractivity (Wildman–Crippen MR) is 96.0 cm³/mol. The molecule has 0 aliphatic rings. The van der Waals surface area contributed by atoms with Crippen LogP contribution in [0.25, 0.3) is 0 Å². The van der Waals surface area contributed by atoms with Gasteiger partial charge in [-0.1, -0.05) is 28.4 Å². The van der Waals surface area contributed by atoms with Crippen LogP contribution in [0.1, 0.15) is 16.1 Å². The second kappa shape index (κ2) is 8.32. The molecule has 2 N–H and O–H groups in total. The summed E-state index contributed by atoms with van der Waals surface area (Å²) in [6, 6.07) is 7.89. The average Bonchev–Trinajstić information content (AvgIpc) is 2.57. The largest absolute Gasteiger partial charge is 0.480 e. The van der Waals surface area contributed by atoms with Gasteiger partial charge in [-0.25, -0.2) is 4.98 Å². The minimum Gasteiger partial charge on any atom is -0.480 e. The molecule has 24 heavy (non-hydrogen) atoms. The van der Waals surface area contributed by atoms with E-state index in [4.69, 9.17) is 38.5 Å². The molecule has 9 heteroatoms. The average molecular weight is 433 g/mol. The number of benzene rings is 1. The van der Waals surface area contributed by atoms with Gasteiger partial charge in [0.2, 0.25) is 11.7 Å². The highest BCUT2D eigenvalue weighted by atomic mass is 79.9. The van der Waals surface area contributed by atoms with Gasteiger partial charge in [0.1, 0.15) is 5.69 Å². The van der Waals surface area contributed by atoms with E-state index < -0.39 is 0 Å². The fourth-order valence-electron chi connectivity index (χ4n) is 1.67. The van der Waals surface area contributed by atoms with E-state index in [0.29, 0.717) is 26.6 Å². The van der Waals surface area contributed by atoms with Crippen LogP contribution in [0.15, 0.2) is 40.0 Å². The Labute approximate surface area is 156 Å². The molecule has 0 atom stereocenters. The second-order valence-corrected chi connectivity index (χ2v) is 6.16. The number of nitrogens with two attached hydrogens (primary N) is 1. The molecule has 1 aromatic carbocycles. The number of hydrogen-bond donors (Lipinski definition) is 1. The number of hydrogen-bond acceptors (Lipinski definition) is 5. The summed E-state index contributed by atoms with van der Waals surface area (Å²) in [6.45, 7) is -0.299. The third kappa shape index (κ3) is 4.59. The number of Topliss-reactive ketones (excluding diaryl/α,β-unsaturated/α-hetero) is 1. The van der Waals surface area contributed by atoms with E-state index in [0.717, 1.165) is 0 Å². The fourth-order valence-corrected chi connectivity index (χ4v) is 2.35. The molecule has 0 unspecified atom stereocenters. The highest BCUT2D eigenvalue weighted by Gasteiger charge is 2.10. The zero-order valence-corrected chi connectivity index (χ0v) is 15.5. The van der Waals surface area contributed by atoms with Crippen molar-refractivity contribution in [1.29, 1.82) is 0 Å². The summed E-state index contributed by atoms with van der Waals surface area (Å²) < 4.78 is 5.75. The number of ketones is 1. The van der Waals surface area contributed by atoms with Gasteiger partial charge in [0.15, 0.2) is 12.4 Å². The maximum absolute atomic E-state index is 12.0. The highest BCUT2D eigenvalue weighted by Crippen LogP contribution is 2.23. The van der Waals surface area contributed by atoms with E-state index in [9.17, 15) is 4.79 Å². The van der Waals surface area contributed by atoms with Gasteiger partial charge < -0.3 is 15.3 Å². The number of halogens is 3. The lowest BCUT2D eigenvalue weighted by atomic mass is 10.1. The maximum atomic E-state index is 12.0.